The van der Waals surface area contributed by atoms with Gasteiger partial charge in [-0.1, -0.05) is 23.7 Å². The summed E-state index contributed by atoms with van der Waals surface area (Å²) in [5.41, 5.74) is 7.19. The van der Waals surface area contributed by atoms with E-state index in [0.717, 1.165) is 24.0 Å². The van der Waals surface area contributed by atoms with Gasteiger partial charge in [0, 0.05) is 17.6 Å². The zero-order valence-corrected chi connectivity index (χ0v) is 10.9. The smallest absolute Gasteiger partial charge is 0.0406 e. The molecule has 0 spiro atoms. The molecule has 0 aliphatic heterocycles. The van der Waals surface area contributed by atoms with Crippen molar-refractivity contribution < 1.29 is 0 Å². The third-order valence-electron chi connectivity index (χ3n) is 3.57. The van der Waals surface area contributed by atoms with Crippen molar-refractivity contribution in [3.8, 4) is 0 Å². The van der Waals surface area contributed by atoms with E-state index in [1.54, 1.807) is 0 Å². The predicted octanol–water partition coefficient (Wildman–Crippen LogP) is 2.95. The Morgan fingerprint density at radius 1 is 1.12 bits per heavy atom. The van der Waals surface area contributed by atoms with Gasteiger partial charge in [0.2, 0.25) is 0 Å². The fourth-order valence-corrected chi connectivity index (χ4v) is 2.54. The molecule has 0 unspecified atom stereocenters. The molecule has 2 nitrogen and oxygen atoms in total. The standard InChI is InChI=1S/C14H21ClN2/c15-13-5-1-11(2-6-13)9-17-10-12-3-7-14(16)8-4-12/h1-2,5-6,12,14,17H,3-4,7-10,16H2. The lowest BCUT2D eigenvalue weighted by Gasteiger charge is -2.26. The van der Waals surface area contributed by atoms with Crippen LogP contribution < -0.4 is 11.1 Å². The summed E-state index contributed by atoms with van der Waals surface area (Å²) in [5.74, 6) is 0.808. The fraction of sp³-hybridized carbons (Fsp3) is 0.571. The minimum absolute atomic E-state index is 0.447. The van der Waals surface area contributed by atoms with Crippen molar-refractivity contribution in [2.45, 2.75) is 38.3 Å². The summed E-state index contributed by atoms with van der Waals surface area (Å²) in [6, 6.07) is 8.48. The summed E-state index contributed by atoms with van der Waals surface area (Å²) >= 11 is 5.85. The van der Waals surface area contributed by atoms with E-state index < -0.39 is 0 Å². The third kappa shape index (κ3) is 4.30. The minimum Gasteiger partial charge on any atom is -0.328 e. The van der Waals surface area contributed by atoms with Crippen LogP contribution in [-0.4, -0.2) is 12.6 Å². The van der Waals surface area contributed by atoms with E-state index in [1.807, 2.05) is 12.1 Å². The second-order valence-corrected chi connectivity index (χ2v) is 5.47. The molecule has 1 aliphatic rings. The molecular formula is C14H21ClN2. The molecule has 3 N–H and O–H groups in total. The van der Waals surface area contributed by atoms with Gasteiger partial charge in [-0.05, 0) is 55.8 Å². The highest BCUT2D eigenvalue weighted by molar-refractivity contribution is 6.30. The highest BCUT2D eigenvalue weighted by Crippen LogP contribution is 2.22. The molecule has 94 valence electrons. The van der Waals surface area contributed by atoms with E-state index in [0.29, 0.717) is 6.04 Å². The lowest BCUT2D eigenvalue weighted by atomic mass is 9.86. The Labute approximate surface area is 109 Å². The fourth-order valence-electron chi connectivity index (χ4n) is 2.42. The molecule has 1 saturated carbocycles. The van der Waals surface area contributed by atoms with Gasteiger partial charge in [-0.15, -0.1) is 0 Å². The molecule has 1 aliphatic carbocycles. The second kappa shape index (κ2) is 6.39. The SMILES string of the molecule is NC1CCC(CNCc2ccc(Cl)cc2)CC1. The predicted molar refractivity (Wildman–Crippen MR) is 73.1 cm³/mol. The Morgan fingerprint density at radius 3 is 2.41 bits per heavy atom. The Hall–Kier alpha value is -0.570. The van der Waals surface area contributed by atoms with E-state index >= 15 is 0 Å². The van der Waals surface area contributed by atoms with Crippen molar-refractivity contribution in [2.75, 3.05) is 6.54 Å². The zero-order valence-electron chi connectivity index (χ0n) is 10.2. The molecule has 1 aromatic rings. The first-order chi connectivity index (χ1) is 8.24. The molecule has 0 saturated heterocycles. The molecule has 0 radical (unpaired) electrons. The summed E-state index contributed by atoms with van der Waals surface area (Å²) in [6.45, 7) is 2.04. The largest absolute Gasteiger partial charge is 0.328 e. The van der Waals surface area contributed by atoms with Crippen molar-refractivity contribution >= 4 is 11.6 Å². The van der Waals surface area contributed by atoms with Crippen LogP contribution in [-0.2, 0) is 6.54 Å². The van der Waals surface area contributed by atoms with Gasteiger partial charge >= 0.3 is 0 Å². The van der Waals surface area contributed by atoms with Gasteiger partial charge < -0.3 is 11.1 Å². The topological polar surface area (TPSA) is 38.0 Å². The van der Waals surface area contributed by atoms with E-state index in [-0.39, 0.29) is 0 Å². The highest BCUT2D eigenvalue weighted by Gasteiger charge is 2.17. The zero-order chi connectivity index (χ0) is 12.1. The number of nitrogens with one attached hydrogen (secondary N) is 1. The van der Waals surface area contributed by atoms with Crippen LogP contribution in [0, 0.1) is 5.92 Å². The lowest BCUT2D eigenvalue weighted by molar-refractivity contribution is 0.314. The van der Waals surface area contributed by atoms with Gasteiger partial charge in [0.1, 0.15) is 0 Å². The van der Waals surface area contributed by atoms with Crippen LogP contribution in [0.4, 0.5) is 0 Å². The molecule has 0 atom stereocenters. The molecule has 1 aromatic carbocycles. The highest BCUT2D eigenvalue weighted by atomic mass is 35.5. The molecule has 2 rings (SSSR count). The molecular weight excluding hydrogens is 232 g/mol. The number of hydrogen-bond donors (Lipinski definition) is 2. The summed E-state index contributed by atoms with van der Waals surface area (Å²) < 4.78 is 0. The van der Waals surface area contributed by atoms with Crippen molar-refractivity contribution in [1.29, 1.82) is 0 Å². The average molecular weight is 253 g/mol. The van der Waals surface area contributed by atoms with Crippen molar-refractivity contribution in [3.05, 3.63) is 34.9 Å². The van der Waals surface area contributed by atoms with E-state index in [4.69, 9.17) is 17.3 Å². The van der Waals surface area contributed by atoms with Crippen LogP contribution in [0.2, 0.25) is 5.02 Å². The van der Waals surface area contributed by atoms with E-state index in [1.165, 1.54) is 31.2 Å². The molecule has 0 heterocycles. The van der Waals surface area contributed by atoms with Gasteiger partial charge in [0.25, 0.3) is 0 Å². The van der Waals surface area contributed by atoms with Crippen LogP contribution in [0.15, 0.2) is 24.3 Å². The molecule has 0 amide bonds. The Kier molecular flexibility index (Phi) is 4.84. The number of hydrogen-bond acceptors (Lipinski definition) is 2. The van der Waals surface area contributed by atoms with Crippen molar-refractivity contribution in [2.24, 2.45) is 11.7 Å². The average Bonchev–Trinajstić information content (AvgIpc) is 2.34. The maximum atomic E-state index is 5.90. The van der Waals surface area contributed by atoms with Gasteiger partial charge in [0.15, 0.2) is 0 Å². The van der Waals surface area contributed by atoms with Crippen molar-refractivity contribution in [3.63, 3.8) is 0 Å². The van der Waals surface area contributed by atoms with Crippen LogP contribution in [0.5, 0.6) is 0 Å². The molecule has 0 aromatic heterocycles. The first kappa shape index (κ1) is 12.9. The molecule has 3 heteroatoms. The quantitative estimate of drug-likeness (QED) is 0.865. The lowest BCUT2D eigenvalue weighted by Crippen LogP contribution is -2.31. The first-order valence-corrected chi connectivity index (χ1v) is 6.82. The summed E-state index contributed by atoms with van der Waals surface area (Å²) in [4.78, 5) is 0. The van der Waals surface area contributed by atoms with Crippen molar-refractivity contribution in [1.82, 2.24) is 5.32 Å². The van der Waals surface area contributed by atoms with Gasteiger partial charge in [0.05, 0.1) is 0 Å². The normalized spacial score (nSPS) is 24.8. The molecule has 1 fully saturated rings. The van der Waals surface area contributed by atoms with Crippen LogP contribution in [0.3, 0.4) is 0 Å². The molecule has 17 heavy (non-hydrogen) atoms. The Balaban J connectivity index is 1.67. The molecule has 0 bridgehead atoms. The van der Waals surface area contributed by atoms with Crippen LogP contribution >= 0.6 is 11.6 Å². The maximum Gasteiger partial charge on any atom is 0.0406 e. The first-order valence-electron chi connectivity index (χ1n) is 6.45. The Morgan fingerprint density at radius 2 is 1.76 bits per heavy atom. The second-order valence-electron chi connectivity index (χ2n) is 5.04. The van der Waals surface area contributed by atoms with E-state index in [9.17, 15) is 0 Å². The number of rotatable bonds is 4. The maximum absolute atomic E-state index is 5.90. The van der Waals surface area contributed by atoms with Gasteiger partial charge in [-0.25, -0.2) is 0 Å². The van der Waals surface area contributed by atoms with Gasteiger partial charge in [-0.3, -0.25) is 0 Å². The Bertz CT molecular complexity index is 329. The number of benzene rings is 1. The number of nitrogens with two attached hydrogens (primary N) is 1. The van der Waals surface area contributed by atoms with Crippen LogP contribution in [0.25, 0.3) is 0 Å². The third-order valence-corrected chi connectivity index (χ3v) is 3.82. The summed E-state index contributed by atoms with van der Waals surface area (Å²) in [6.07, 6.45) is 4.92. The van der Waals surface area contributed by atoms with E-state index in [2.05, 4.69) is 17.4 Å². The van der Waals surface area contributed by atoms with Crippen LogP contribution in [0.1, 0.15) is 31.2 Å². The summed E-state index contributed by atoms with van der Waals surface area (Å²) in [5, 5.41) is 4.32. The summed E-state index contributed by atoms with van der Waals surface area (Å²) in [7, 11) is 0. The number of halogens is 1. The van der Waals surface area contributed by atoms with Gasteiger partial charge in [-0.2, -0.15) is 0 Å². The minimum atomic E-state index is 0.447. The monoisotopic (exact) mass is 252 g/mol.